The van der Waals surface area contributed by atoms with E-state index < -0.39 is 5.97 Å². The summed E-state index contributed by atoms with van der Waals surface area (Å²) in [4.78, 5) is 19.0. The summed E-state index contributed by atoms with van der Waals surface area (Å²) in [6.07, 6.45) is 2.50. The number of aryl methyl sites for hydroxylation is 2. The van der Waals surface area contributed by atoms with Crippen molar-refractivity contribution < 1.29 is 9.90 Å². The molecule has 0 amide bonds. The van der Waals surface area contributed by atoms with Crippen molar-refractivity contribution in [2.24, 2.45) is 7.05 Å². The van der Waals surface area contributed by atoms with Gasteiger partial charge in [0.1, 0.15) is 0 Å². The molecule has 2 rings (SSSR count). The van der Waals surface area contributed by atoms with Crippen molar-refractivity contribution in [2.75, 3.05) is 11.9 Å². The fourth-order valence-electron chi connectivity index (χ4n) is 1.71. The normalized spacial score (nSPS) is 10.4. The molecular weight excluding hydrogens is 246 g/mol. The van der Waals surface area contributed by atoms with Crippen molar-refractivity contribution in [3.8, 4) is 0 Å². The van der Waals surface area contributed by atoms with Gasteiger partial charge in [-0.3, -0.25) is 4.68 Å². The number of carboxylic acid groups (broad SMARTS) is 1. The van der Waals surface area contributed by atoms with Crippen LogP contribution in [0.4, 0.5) is 5.95 Å². The fourth-order valence-corrected chi connectivity index (χ4v) is 1.71. The van der Waals surface area contributed by atoms with Crippen LogP contribution in [0.3, 0.4) is 0 Å². The Hall–Kier alpha value is -2.44. The third-order valence-corrected chi connectivity index (χ3v) is 2.66. The van der Waals surface area contributed by atoms with E-state index in [1.807, 2.05) is 13.1 Å². The first-order valence-electron chi connectivity index (χ1n) is 5.86. The fraction of sp³-hybridized carbons (Fsp3) is 0.333. The summed E-state index contributed by atoms with van der Waals surface area (Å²) in [7, 11) is 1.88. The average Bonchev–Trinajstić information content (AvgIpc) is 2.74. The SMILES string of the molecule is Cc1cc(C(=O)O)nc(NCCc2ccnn2C)n1. The number of aromatic nitrogens is 4. The van der Waals surface area contributed by atoms with Gasteiger partial charge in [-0.2, -0.15) is 5.10 Å². The molecule has 0 unspecified atom stereocenters. The molecule has 0 spiro atoms. The summed E-state index contributed by atoms with van der Waals surface area (Å²) in [5.41, 5.74) is 1.70. The number of rotatable bonds is 5. The Kier molecular flexibility index (Phi) is 3.74. The third kappa shape index (κ3) is 3.27. The van der Waals surface area contributed by atoms with E-state index in [4.69, 9.17) is 5.11 Å². The van der Waals surface area contributed by atoms with Gasteiger partial charge in [0.2, 0.25) is 5.95 Å². The molecule has 0 aliphatic heterocycles. The van der Waals surface area contributed by atoms with Gasteiger partial charge in [-0.15, -0.1) is 0 Å². The first-order chi connectivity index (χ1) is 9.06. The molecule has 0 fully saturated rings. The van der Waals surface area contributed by atoms with Crippen LogP contribution in [-0.2, 0) is 13.5 Å². The molecule has 100 valence electrons. The van der Waals surface area contributed by atoms with Gasteiger partial charge in [-0.1, -0.05) is 0 Å². The lowest BCUT2D eigenvalue weighted by Gasteiger charge is -2.06. The molecule has 2 aromatic heterocycles. The second-order valence-corrected chi connectivity index (χ2v) is 4.15. The molecule has 0 aromatic carbocycles. The molecule has 7 heteroatoms. The van der Waals surface area contributed by atoms with Crippen molar-refractivity contribution in [2.45, 2.75) is 13.3 Å². The Morgan fingerprint density at radius 3 is 2.89 bits per heavy atom. The van der Waals surface area contributed by atoms with Crippen LogP contribution in [0.5, 0.6) is 0 Å². The summed E-state index contributed by atoms with van der Waals surface area (Å²) in [6.45, 7) is 2.35. The predicted molar refractivity (Wildman–Crippen MR) is 69.1 cm³/mol. The minimum absolute atomic E-state index is 0.00414. The van der Waals surface area contributed by atoms with E-state index in [9.17, 15) is 4.79 Å². The maximum absolute atomic E-state index is 10.9. The zero-order valence-corrected chi connectivity index (χ0v) is 10.8. The number of hydrogen-bond acceptors (Lipinski definition) is 5. The molecule has 0 saturated carbocycles. The Morgan fingerprint density at radius 2 is 2.26 bits per heavy atom. The van der Waals surface area contributed by atoms with E-state index in [2.05, 4.69) is 20.4 Å². The van der Waals surface area contributed by atoms with Gasteiger partial charge in [0.05, 0.1) is 0 Å². The third-order valence-electron chi connectivity index (χ3n) is 2.66. The van der Waals surface area contributed by atoms with Gasteiger partial charge in [-0.05, 0) is 19.1 Å². The Balaban J connectivity index is 2.00. The molecule has 0 bridgehead atoms. The van der Waals surface area contributed by atoms with E-state index in [-0.39, 0.29) is 5.69 Å². The lowest BCUT2D eigenvalue weighted by atomic mass is 10.3. The van der Waals surface area contributed by atoms with Crippen molar-refractivity contribution in [1.82, 2.24) is 19.7 Å². The highest BCUT2D eigenvalue weighted by Crippen LogP contribution is 2.05. The van der Waals surface area contributed by atoms with Crippen LogP contribution >= 0.6 is 0 Å². The molecule has 0 radical (unpaired) electrons. The number of nitrogens with zero attached hydrogens (tertiary/aromatic N) is 4. The predicted octanol–water partition coefficient (Wildman–Crippen LogP) is 0.871. The summed E-state index contributed by atoms with van der Waals surface area (Å²) >= 11 is 0. The van der Waals surface area contributed by atoms with E-state index in [0.717, 1.165) is 12.1 Å². The Bertz CT molecular complexity index is 594. The highest BCUT2D eigenvalue weighted by molar-refractivity contribution is 5.85. The van der Waals surface area contributed by atoms with Crippen molar-refractivity contribution in [3.63, 3.8) is 0 Å². The van der Waals surface area contributed by atoms with Crippen LogP contribution in [-0.4, -0.2) is 37.4 Å². The van der Waals surface area contributed by atoms with Crippen molar-refractivity contribution >= 4 is 11.9 Å². The van der Waals surface area contributed by atoms with E-state index in [0.29, 0.717) is 18.2 Å². The van der Waals surface area contributed by atoms with Gasteiger partial charge < -0.3 is 10.4 Å². The molecule has 2 aromatic rings. The average molecular weight is 261 g/mol. The summed E-state index contributed by atoms with van der Waals surface area (Å²) in [5, 5.41) is 16.0. The van der Waals surface area contributed by atoms with Crippen LogP contribution in [0.1, 0.15) is 21.9 Å². The molecule has 7 nitrogen and oxygen atoms in total. The lowest BCUT2D eigenvalue weighted by molar-refractivity contribution is 0.0690. The molecular formula is C12H15N5O2. The Morgan fingerprint density at radius 1 is 1.47 bits per heavy atom. The standard InChI is InChI=1S/C12H15N5O2/c1-8-7-10(11(18)19)16-12(15-8)13-5-3-9-4-6-14-17(9)2/h4,6-7H,3,5H2,1-2H3,(H,18,19)(H,13,15,16). The first-order valence-corrected chi connectivity index (χ1v) is 5.86. The molecule has 0 atom stereocenters. The molecule has 0 aliphatic rings. The van der Waals surface area contributed by atoms with Gasteiger partial charge >= 0.3 is 5.97 Å². The van der Waals surface area contributed by atoms with Crippen LogP contribution in [0, 0.1) is 6.92 Å². The molecule has 0 saturated heterocycles. The molecule has 2 heterocycles. The number of anilines is 1. The van der Waals surface area contributed by atoms with Crippen LogP contribution in [0.15, 0.2) is 18.3 Å². The van der Waals surface area contributed by atoms with Gasteiger partial charge in [0, 0.05) is 37.6 Å². The van der Waals surface area contributed by atoms with E-state index in [1.54, 1.807) is 17.8 Å². The number of nitrogens with one attached hydrogen (secondary N) is 1. The second-order valence-electron chi connectivity index (χ2n) is 4.15. The number of aromatic carboxylic acids is 1. The second kappa shape index (κ2) is 5.47. The lowest BCUT2D eigenvalue weighted by Crippen LogP contribution is -2.13. The van der Waals surface area contributed by atoms with Gasteiger partial charge in [0.15, 0.2) is 5.69 Å². The number of carboxylic acids is 1. The Labute approximate surface area is 110 Å². The molecule has 2 N–H and O–H groups in total. The maximum atomic E-state index is 10.9. The molecule has 19 heavy (non-hydrogen) atoms. The first kappa shape index (κ1) is 13.0. The summed E-state index contributed by atoms with van der Waals surface area (Å²) in [5.74, 6) is -0.722. The zero-order valence-electron chi connectivity index (χ0n) is 10.8. The van der Waals surface area contributed by atoms with Gasteiger partial charge in [-0.25, -0.2) is 14.8 Å². The zero-order chi connectivity index (χ0) is 13.8. The summed E-state index contributed by atoms with van der Waals surface area (Å²) in [6, 6.07) is 3.37. The van der Waals surface area contributed by atoms with Crippen LogP contribution in [0.25, 0.3) is 0 Å². The van der Waals surface area contributed by atoms with Gasteiger partial charge in [0.25, 0.3) is 0 Å². The quantitative estimate of drug-likeness (QED) is 0.829. The highest BCUT2D eigenvalue weighted by Gasteiger charge is 2.08. The van der Waals surface area contributed by atoms with Crippen LogP contribution in [0.2, 0.25) is 0 Å². The maximum Gasteiger partial charge on any atom is 0.354 e. The number of hydrogen-bond donors (Lipinski definition) is 2. The smallest absolute Gasteiger partial charge is 0.354 e. The number of carbonyl (C=O) groups is 1. The van der Waals surface area contributed by atoms with Crippen molar-refractivity contribution in [1.29, 1.82) is 0 Å². The molecule has 0 aliphatic carbocycles. The topological polar surface area (TPSA) is 92.9 Å². The largest absolute Gasteiger partial charge is 0.477 e. The van der Waals surface area contributed by atoms with Crippen LogP contribution < -0.4 is 5.32 Å². The van der Waals surface area contributed by atoms with Crippen molar-refractivity contribution in [3.05, 3.63) is 35.4 Å². The van der Waals surface area contributed by atoms with E-state index >= 15 is 0 Å². The summed E-state index contributed by atoms with van der Waals surface area (Å²) < 4.78 is 1.79. The monoisotopic (exact) mass is 261 g/mol. The minimum Gasteiger partial charge on any atom is -0.477 e. The minimum atomic E-state index is -1.06. The van der Waals surface area contributed by atoms with E-state index in [1.165, 1.54) is 6.07 Å². The highest BCUT2D eigenvalue weighted by atomic mass is 16.4.